The van der Waals surface area contributed by atoms with E-state index in [0.717, 1.165) is 19.5 Å². The van der Waals surface area contributed by atoms with Gasteiger partial charge in [-0.25, -0.2) is 0 Å². The normalized spacial score (nSPS) is 26.6. The van der Waals surface area contributed by atoms with E-state index in [1.165, 1.54) is 25.7 Å². The van der Waals surface area contributed by atoms with E-state index in [2.05, 4.69) is 19.2 Å². The zero-order valence-electron chi connectivity index (χ0n) is 10.6. The van der Waals surface area contributed by atoms with Gasteiger partial charge in [0.15, 0.2) is 0 Å². The van der Waals surface area contributed by atoms with Gasteiger partial charge in [-0.05, 0) is 44.6 Å². The third kappa shape index (κ3) is 3.76. The lowest BCUT2D eigenvalue weighted by Gasteiger charge is -2.38. The molecule has 1 heterocycles. The van der Waals surface area contributed by atoms with Crippen LogP contribution in [-0.4, -0.2) is 23.8 Å². The minimum absolute atomic E-state index is 0.451. The predicted octanol–water partition coefficient (Wildman–Crippen LogP) is 2.56. The second kappa shape index (κ2) is 5.86. The predicted molar refractivity (Wildman–Crippen MR) is 64.9 cm³/mol. The van der Waals surface area contributed by atoms with Crippen molar-refractivity contribution in [2.75, 3.05) is 13.1 Å². The number of hydrogen-bond donors (Lipinski definition) is 2. The van der Waals surface area contributed by atoms with E-state index in [1.54, 1.807) is 0 Å². The fourth-order valence-electron chi connectivity index (χ4n) is 2.71. The highest BCUT2D eigenvalue weighted by molar-refractivity contribution is 4.87. The van der Waals surface area contributed by atoms with Crippen LogP contribution in [0.1, 0.15) is 52.9 Å². The lowest BCUT2D eigenvalue weighted by Crippen LogP contribution is -2.45. The van der Waals surface area contributed by atoms with Crippen LogP contribution in [0.3, 0.4) is 0 Å². The minimum atomic E-state index is -0.468. The molecule has 2 atom stereocenters. The van der Waals surface area contributed by atoms with Gasteiger partial charge in [-0.1, -0.05) is 26.7 Å². The first-order valence-corrected chi connectivity index (χ1v) is 6.53. The number of hydrogen-bond acceptors (Lipinski definition) is 2. The molecule has 1 saturated heterocycles. The highest BCUT2D eigenvalue weighted by Gasteiger charge is 2.34. The Balaban J connectivity index is 2.47. The molecule has 1 fully saturated rings. The fourth-order valence-corrected chi connectivity index (χ4v) is 2.71. The number of nitrogens with one attached hydrogen (secondary N) is 1. The molecule has 1 aliphatic heterocycles. The molecule has 2 N–H and O–H groups in total. The summed E-state index contributed by atoms with van der Waals surface area (Å²) in [6, 6.07) is 0. The quantitative estimate of drug-likeness (QED) is 0.735. The van der Waals surface area contributed by atoms with Gasteiger partial charge < -0.3 is 10.4 Å². The van der Waals surface area contributed by atoms with Crippen molar-refractivity contribution < 1.29 is 5.11 Å². The SMILES string of the molecule is CCC(CC)CC(C)(O)C1CCCNC1. The summed E-state index contributed by atoms with van der Waals surface area (Å²) in [4.78, 5) is 0. The fraction of sp³-hybridized carbons (Fsp3) is 1.00. The van der Waals surface area contributed by atoms with Crippen LogP contribution in [0.2, 0.25) is 0 Å². The summed E-state index contributed by atoms with van der Waals surface area (Å²) < 4.78 is 0. The van der Waals surface area contributed by atoms with Crippen molar-refractivity contribution in [3.63, 3.8) is 0 Å². The largest absolute Gasteiger partial charge is 0.390 e. The Kier molecular flexibility index (Phi) is 5.07. The van der Waals surface area contributed by atoms with Crippen LogP contribution < -0.4 is 5.32 Å². The summed E-state index contributed by atoms with van der Waals surface area (Å²) >= 11 is 0. The molecule has 0 radical (unpaired) electrons. The molecular formula is C13H27NO. The van der Waals surface area contributed by atoms with E-state index >= 15 is 0 Å². The Morgan fingerprint density at radius 1 is 1.40 bits per heavy atom. The number of rotatable bonds is 5. The van der Waals surface area contributed by atoms with Gasteiger partial charge in [-0.15, -0.1) is 0 Å². The molecule has 0 aromatic rings. The van der Waals surface area contributed by atoms with Crippen LogP contribution >= 0.6 is 0 Å². The van der Waals surface area contributed by atoms with Gasteiger partial charge in [0.25, 0.3) is 0 Å². The highest BCUT2D eigenvalue weighted by Crippen LogP contribution is 2.31. The van der Waals surface area contributed by atoms with Crippen molar-refractivity contribution in [1.82, 2.24) is 5.32 Å². The maximum Gasteiger partial charge on any atom is 0.0662 e. The third-order valence-electron chi connectivity index (χ3n) is 4.03. The summed E-state index contributed by atoms with van der Waals surface area (Å²) in [5, 5.41) is 13.9. The average molecular weight is 213 g/mol. The molecule has 1 aliphatic rings. The number of piperidine rings is 1. The van der Waals surface area contributed by atoms with Gasteiger partial charge in [0, 0.05) is 6.54 Å². The zero-order valence-corrected chi connectivity index (χ0v) is 10.6. The molecule has 0 amide bonds. The summed E-state index contributed by atoms with van der Waals surface area (Å²) in [6.45, 7) is 8.60. The third-order valence-corrected chi connectivity index (χ3v) is 4.03. The van der Waals surface area contributed by atoms with E-state index in [4.69, 9.17) is 0 Å². The monoisotopic (exact) mass is 213 g/mol. The van der Waals surface area contributed by atoms with Crippen molar-refractivity contribution in [3.05, 3.63) is 0 Å². The molecule has 2 nitrogen and oxygen atoms in total. The Bertz CT molecular complexity index is 169. The van der Waals surface area contributed by atoms with Crippen molar-refractivity contribution >= 4 is 0 Å². The Morgan fingerprint density at radius 3 is 2.53 bits per heavy atom. The molecule has 90 valence electrons. The maximum atomic E-state index is 10.5. The molecule has 0 saturated carbocycles. The number of aliphatic hydroxyl groups is 1. The van der Waals surface area contributed by atoms with E-state index in [9.17, 15) is 5.11 Å². The molecule has 0 aromatic carbocycles. The minimum Gasteiger partial charge on any atom is -0.390 e. The van der Waals surface area contributed by atoms with Crippen LogP contribution in [0.4, 0.5) is 0 Å². The molecule has 1 rings (SSSR count). The molecular weight excluding hydrogens is 186 g/mol. The molecule has 2 unspecified atom stereocenters. The van der Waals surface area contributed by atoms with Crippen LogP contribution in [-0.2, 0) is 0 Å². The van der Waals surface area contributed by atoms with Gasteiger partial charge in [0.05, 0.1) is 5.60 Å². The summed E-state index contributed by atoms with van der Waals surface area (Å²) in [5.41, 5.74) is -0.468. The Morgan fingerprint density at radius 2 is 2.07 bits per heavy atom. The smallest absolute Gasteiger partial charge is 0.0662 e. The highest BCUT2D eigenvalue weighted by atomic mass is 16.3. The van der Waals surface area contributed by atoms with Crippen molar-refractivity contribution in [2.24, 2.45) is 11.8 Å². The lowest BCUT2D eigenvalue weighted by molar-refractivity contribution is -0.0315. The van der Waals surface area contributed by atoms with E-state index in [0.29, 0.717) is 11.8 Å². The van der Waals surface area contributed by atoms with Gasteiger partial charge in [-0.2, -0.15) is 0 Å². The second-order valence-electron chi connectivity index (χ2n) is 5.29. The Hall–Kier alpha value is -0.0800. The van der Waals surface area contributed by atoms with Gasteiger partial charge >= 0.3 is 0 Å². The standard InChI is InChI=1S/C13H27NO/c1-4-11(5-2)9-13(3,15)12-7-6-8-14-10-12/h11-12,14-15H,4-10H2,1-3H3. The van der Waals surface area contributed by atoms with E-state index in [-0.39, 0.29) is 0 Å². The van der Waals surface area contributed by atoms with Gasteiger partial charge in [0.1, 0.15) is 0 Å². The maximum absolute atomic E-state index is 10.5. The van der Waals surface area contributed by atoms with Crippen LogP contribution in [0.25, 0.3) is 0 Å². The van der Waals surface area contributed by atoms with Crippen molar-refractivity contribution in [3.8, 4) is 0 Å². The summed E-state index contributed by atoms with van der Waals surface area (Å²) in [5.74, 6) is 1.13. The van der Waals surface area contributed by atoms with Gasteiger partial charge in [0.2, 0.25) is 0 Å². The van der Waals surface area contributed by atoms with Crippen LogP contribution in [0.15, 0.2) is 0 Å². The first kappa shape index (κ1) is 13.0. The van der Waals surface area contributed by atoms with Crippen LogP contribution in [0.5, 0.6) is 0 Å². The lowest BCUT2D eigenvalue weighted by atomic mass is 9.77. The first-order valence-electron chi connectivity index (χ1n) is 6.53. The Labute approximate surface area is 94.5 Å². The van der Waals surface area contributed by atoms with Crippen molar-refractivity contribution in [2.45, 2.75) is 58.5 Å². The molecule has 0 aliphatic carbocycles. The van der Waals surface area contributed by atoms with E-state index in [1.807, 2.05) is 6.92 Å². The topological polar surface area (TPSA) is 32.3 Å². The molecule has 2 heteroatoms. The molecule has 0 spiro atoms. The molecule has 0 bridgehead atoms. The first-order chi connectivity index (χ1) is 7.10. The molecule has 15 heavy (non-hydrogen) atoms. The molecule has 0 aromatic heterocycles. The van der Waals surface area contributed by atoms with E-state index < -0.39 is 5.60 Å². The zero-order chi connectivity index (χ0) is 11.3. The second-order valence-corrected chi connectivity index (χ2v) is 5.29. The summed E-state index contributed by atoms with van der Waals surface area (Å²) in [7, 11) is 0. The summed E-state index contributed by atoms with van der Waals surface area (Å²) in [6.07, 6.45) is 5.73. The van der Waals surface area contributed by atoms with Gasteiger partial charge in [-0.3, -0.25) is 0 Å². The van der Waals surface area contributed by atoms with Crippen molar-refractivity contribution in [1.29, 1.82) is 0 Å². The van der Waals surface area contributed by atoms with Crippen LogP contribution in [0, 0.1) is 11.8 Å². The average Bonchev–Trinajstić information content (AvgIpc) is 2.27.